The molecule has 2 rings (SSSR count). The lowest BCUT2D eigenvalue weighted by molar-refractivity contribution is 0.682. The summed E-state index contributed by atoms with van der Waals surface area (Å²) in [6.07, 6.45) is 0. The Hall–Kier alpha value is -0.250. The lowest BCUT2D eigenvalue weighted by Gasteiger charge is -2.11. The SMILES string of the molecule is O=S(c1ccc(Cl)cc1CCl)c1ccc(Cl)cc1CCl. The van der Waals surface area contributed by atoms with Gasteiger partial charge in [0.1, 0.15) is 0 Å². The average Bonchev–Trinajstić information content (AvgIpc) is 2.46. The van der Waals surface area contributed by atoms with E-state index in [0.29, 0.717) is 19.8 Å². The fraction of sp³-hybridized carbons (Fsp3) is 0.143. The molecule has 1 nitrogen and oxygen atoms in total. The van der Waals surface area contributed by atoms with Crippen molar-refractivity contribution >= 4 is 57.2 Å². The molecule has 0 spiro atoms. The number of hydrogen-bond acceptors (Lipinski definition) is 1. The first-order valence-electron chi connectivity index (χ1n) is 5.67. The highest BCUT2D eigenvalue weighted by Crippen LogP contribution is 2.28. The highest BCUT2D eigenvalue weighted by Gasteiger charge is 2.15. The summed E-state index contributed by atoms with van der Waals surface area (Å²) < 4.78 is 12.7. The highest BCUT2D eigenvalue weighted by atomic mass is 35.5. The Balaban J connectivity index is 2.51. The van der Waals surface area contributed by atoms with Crippen LogP contribution in [0.1, 0.15) is 11.1 Å². The normalized spacial score (nSPS) is 11.1. The topological polar surface area (TPSA) is 17.1 Å². The number of rotatable bonds is 4. The molecule has 0 radical (unpaired) electrons. The van der Waals surface area contributed by atoms with Gasteiger partial charge >= 0.3 is 0 Å². The Morgan fingerprint density at radius 3 is 1.55 bits per heavy atom. The Labute approximate surface area is 140 Å². The molecule has 20 heavy (non-hydrogen) atoms. The van der Waals surface area contributed by atoms with E-state index in [1.807, 2.05) is 0 Å². The monoisotopic (exact) mass is 366 g/mol. The molecular weight excluding hydrogens is 358 g/mol. The quantitative estimate of drug-likeness (QED) is 0.639. The molecular formula is C14H10Cl4OS. The Kier molecular flexibility index (Phi) is 5.76. The number of alkyl halides is 2. The molecule has 2 aromatic carbocycles. The van der Waals surface area contributed by atoms with Crippen LogP contribution in [0.25, 0.3) is 0 Å². The summed E-state index contributed by atoms with van der Waals surface area (Å²) in [6, 6.07) is 10.3. The molecule has 0 aliphatic rings. The molecule has 0 aromatic heterocycles. The standard InChI is InChI=1S/C14H10Cl4OS/c15-7-9-5-11(17)1-3-13(9)20(19)14-4-2-12(18)6-10(14)8-16/h1-6H,7-8H2. The zero-order valence-corrected chi connectivity index (χ0v) is 14.0. The minimum absolute atomic E-state index is 0.241. The zero-order chi connectivity index (χ0) is 14.7. The molecule has 0 aliphatic heterocycles. The van der Waals surface area contributed by atoms with Crippen molar-refractivity contribution in [3.05, 3.63) is 57.6 Å². The summed E-state index contributed by atoms with van der Waals surface area (Å²) in [5.74, 6) is 0.483. The van der Waals surface area contributed by atoms with E-state index in [9.17, 15) is 4.21 Å². The first-order valence-corrected chi connectivity index (χ1v) is 8.65. The van der Waals surface area contributed by atoms with Crippen LogP contribution in [0.5, 0.6) is 0 Å². The second kappa shape index (κ2) is 7.15. The molecule has 2 aromatic rings. The minimum Gasteiger partial charge on any atom is -0.249 e. The van der Waals surface area contributed by atoms with E-state index in [1.54, 1.807) is 36.4 Å². The van der Waals surface area contributed by atoms with Crippen LogP contribution in [-0.4, -0.2) is 4.21 Å². The molecule has 0 bridgehead atoms. The number of benzene rings is 2. The first-order chi connectivity index (χ1) is 9.56. The average molecular weight is 368 g/mol. The molecule has 0 atom stereocenters. The maximum Gasteiger partial charge on any atom is 0.0856 e. The van der Waals surface area contributed by atoms with Crippen LogP contribution in [0.15, 0.2) is 46.2 Å². The van der Waals surface area contributed by atoms with Crippen molar-refractivity contribution in [1.29, 1.82) is 0 Å². The van der Waals surface area contributed by atoms with Gasteiger partial charge in [0, 0.05) is 31.6 Å². The Bertz CT molecular complexity index is 602. The van der Waals surface area contributed by atoms with Gasteiger partial charge in [-0.1, -0.05) is 23.2 Å². The van der Waals surface area contributed by atoms with Crippen molar-refractivity contribution in [2.45, 2.75) is 21.6 Å². The van der Waals surface area contributed by atoms with Gasteiger partial charge in [0.05, 0.1) is 10.8 Å². The van der Waals surface area contributed by atoms with E-state index in [4.69, 9.17) is 46.4 Å². The van der Waals surface area contributed by atoms with E-state index in [0.717, 1.165) is 11.1 Å². The maximum absolute atomic E-state index is 12.7. The van der Waals surface area contributed by atoms with Gasteiger partial charge in [0.2, 0.25) is 0 Å². The van der Waals surface area contributed by atoms with Crippen LogP contribution in [-0.2, 0) is 22.6 Å². The van der Waals surface area contributed by atoms with Crippen molar-refractivity contribution in [3.63, 3.8) is 0 Å². The van der Waals surface area contributed by atoms with Crippen LogP contribution in [0.3, 0.4) is 0 Å². The number of halogens is 4. The van der Waals surface area contributed by atoms with Crippen molar-refractivity contribution in [2.24, 2.45) is 0 Å². The van der Waals surface area contributed by atoms with Crippen LogP contribution in [0.4, 0.5) is 0 Å². The summed E-state index contributed by atoms with van der Waals surface area (Å²) in [5.41, 5.74) is 1.49. The van der Waals surface area contributed by atoms with Gasteiger partial charge in [-0.25, -0.2) is 4.21 Å². The van der Waals surface area contributed by atoms with E-state index in [2.05, 4.69) is 0 Å². The third-order valence-corrected chi connectivity index (χ3v) is 5.37. The van der Waals surface area contributed by atoms with E-state index in [-0.39, 0.29) is 11.8 Å². The van der Waals surface area contributed by atoms with Crippen LogP contribution in [0.2, 0.25) is 10.0 Å². The molecule has 0 saturated carbocycles. The van der Waals surface area contributed by atoms with Gasteiger partial charge < -0.3 is 0 Å². The van der Waals surface area contributed by atoms with Gasteiger partial charge in [-0.3, -0.25) is 0 Å². The predicted octanol–water partition coefficient (Wildman–Crippen LogP) is 5.64. The molecule has 106 valence electrons. The summed E-state index contributed by atoms with van der Waals surface area (Å²) in [5, 5.41) is 1.13. The maximum atomic E-state index is 12.7. The number of hydrogen-bond donors (Lipinski definition) is 0. The smallest absolute Gasteiger partial charge is 0.0856 e. The molecule has 0 amide bonds. The summed E-state index contributed by atoms with van der Waals surface area (Å²) >= 11 is 23.6. The molecule has 0 N–H and O–H groups in total. The van der Waals surface area contributed by atoms with Crippen LogP contribution >= 0.6 is 46.4 Å². The van der Waals surface area contributed by atoms with E-state index in [1.165, 1.54) is 0 Å². The second-order valence-electron chi connectivity index (χ2n) is 4.04. The van der Waals surface area contributed by atoms with Crippen molar-refractivity contribution in [2.75, 3.05) is 0 Å². The molecule has 0 fully saturated rings. The fourth-order valence-corrected chi connectivity index (χ4v) is 4.13. The van der Waals surface area contributed by atoms with Crippen molar-refractivity contribution in [3.8, 4) is 0 Å². The van der Waals surface area contributed by atoms with Crippen LogP contribution < -0.4 is 0 Å². The van der Waals surface area contributed by atoms with E-state index < -0.39 is 10.8 Å². The predicted molar refractivity (Wildman–Crippen MR) is 86.7 cm³/mol. The molecule has 0 saturated heterocycles. The lowest BCUT2D eigenvalue weighted by atomic mass is 10.2. The summed E-state index contributed by atoms with van der Waals surface area (Å²) in [4.78, 5) is 1.27. The second-order valence-corrected chi connectivity index (χ2v) is 6.86. The Morgan fingerprint density at radius 1 is 0.800 bits per heavy atom. The third-order valence-electron chi connectivity index (χ3n) is 2.73. The summed E-state index contributed by atoms with van der Waals surface area (Å²) in [6.45, 7) is 0. The minimum atomic E-state index is -1.37. The highest BCUT2D eigenvalue weighted by molar-refractivity contribution is 7.85. The van der Waals surface area contributed by atoms with Crippen molar-refractivity contribution in [1.82, 2.24) is 0 Å². The van der Waals surface area contributed by atoms with Gasteiger partial charge in [-0.15, -0.1) is 23.2 Å². The molecule has 0 aliphatic carbocycles. The molecule has 0 unspecified atom stereocenters. The fourth-order valence-electron chi connectivity index (χ4n) is 1.79. The van der Waals surface area contributed by atoms with Crippen LogP contribution in [0, 0.1) is 0 Å². The van der Waals surface area contributed by atoms with Gasteiger partial charge in [-0.05, 0) is 47.5 Å². The lowest BCUT2D eigenvalue weighted by Crippen LogP contribution is -2.00. The summed E-state index contributed by atoms with van der Waals surface area (Å²) in [7, 11) is -1.37. The van der Waals surface area contributed by atoms with Gasteiger partial charge in [0.25, 0.3) is 0 Å². The van der Waals surface area contributed by atoms with E-state index >= 15 is 0 Å². The van der Waals surface area contributed by atoms with Gasteiger partial charge in [0.15, 0.2) is 0 Å². The largest absolute Gasteiger partial charge is 0.249 e. The van der Waals surface area contributed by atoms with Gasteiger partial charge in [-0.2, -0.15) is 0 Å². The Morgan fingerprint density at radius 2 is 1.20 bits per heavy atom. The first kappa shape index (κ1) is 16.1. The van der Waals surface area contributed by atoms with Crippen molar-refractivity contribution < 1.29 is 4.21 Å². The molecule has 6 heteroatoms. The third kappa shape index (κ3) is 3.49. The molecule has 0 heterocycles. The zero-order valence-electron chi connectivity index (χ0n) is 10.2.